The van der Waals surface area contributed by atoms with Gasteiger partial charge >= 0.3 is 0 Å². The number of carbonyl (C=O) groups is 1. The summed E-state index contributed by atoms with van der Waals surface area (Å²) < 4.78 is 17.9. The van der Waals surface area contributed by atoms with Crippen LogP contribution in [0, 0.1) is 0 Å². The third-order valence-electron chi connectivity index (χ3n) is 5.11. The van der Waals surface area contributed by atoms with E-state index < -0.39 is 0 Å². The van der Waals surface area contributed by atoms with Crippen molar-refractivity contribution in [3.63, 3.8) is 0 Å². The molecule has 1 N–H and O–H groups in total. The van der Waals surface area contributed by atoms with Crippen molar-refractivity contribution < 1.29 is 18.8 Å². The van der Waals surface area contributed by atoms with Crippen molar-refractivity contribution in [2.45, 2.75) is 19.5 Å². The Morgan fingerprint density at radius 3 is 2.59 bits per heavy atom. The van der Waals surface area contributed by atoms with Crippen LogP contribution in [0.2, 0.25) is 0 Å². The van der Waals surface area contributed by atoms with Crippen LogP contribution in [0.25, 0.3) is 23.0 Å². The quantitative estimate of drug-likeness (QED) is 0.451. The molecule has 1 atom stereocenters. The molecule has 0 aliphatic carbocycles. The van der Waals surface area contributed by atoms with Crippen LogP contribution in [-0.2, 0) is 11.3 Å². The summed E-state index contributed by atoms with van der Waals surface area (Å²) in [7, 11) is 3.15. The van der Waals surface area contributed by atoms with Crippen LogP contribution in [0.15, 0.2) is 71.4 Å². The molecule has 1 amide bonds. The Morgan fingerprint density at radius 1 is 1.06 bits per heavy atom. The summed E-state index contributed by atoms with van der Waals surface area (Å²) in [4.78, 5) is 17.1. The van der Waals surface area contributed by atoms with Crippen LogP contribution in [0.1, 0.15) is 18.5 Å². The lowest BCUT2D eigenvalue weighted by Crippen LogP contribution is -2.30. The number of nitrogens with zero attached hydrogens (tertiary/aromatic N) is 3. The second kappa shape index (κ2) is 9.38. The molecule has 0 spiro atoms. The molecule has 2 aromatic carbocycles. The van der Waals surface area contributed by atoms with E-state index in [9.17, 15) is 4.79 Å². The van der Waals surface area contributed by atoms with Gasteiger partial charge in [-0.25, -0.2) is 0 Å². The third-order valence-corrected chi connectivity index (χ3v) is 5.11. The summed E-state index contributed by atoms with van der Waals surface area (Å²) in [5, 5.41) is 7.10. The molecule has 0 fully saturated rings. The Hall–Kier alpha value is -4.07. The van der Waals surface area contributed by atoms with E-state index in [2.05, 4.69) is 15.5 Å². The maximum Gasteiger partial charge on any atom is 0.274 e. The van der Waals surface area contributed by atoms with E-state index >= 15 is 0 Å². The van der Waals surface area contributed by atoms with Crippen LogP contribution in [-0.4, -0.2) is 34.8 Å². The molecule has 8 heteroatoms. The number of ether oxygens (including phenoxy) is 2. The minimum absolute atomic E-state index is 0.0947. The van der Waals surface area contributed by atoms with Crippen molar-refractivity contribution in [3.8, 4) is 34.5 Å². The minimum Gasteiger partial charge on any atom is -0.493 e. The highest BCUT2D eigenvalue weighted by molar-refractivity contribution is 5.77. The molecule has 0 aliphatic rings. The van der Waals surface area contributed by atoms with Crippen molar-refractivity contribution >= 4 is 5.91 Å². The zero-order valence-electron chi connectivity index (χ0n) is 18.1. The molecule has 0 saturated heterocycles. The largest absolute Gasteiger partial charge is 0.493 e. The van der Waals surface area contributed by atoms with Gasteiger partial charge in [0.1, 0.15) is 12.2 Å². The van der Waals surface area contributed by atoms with Gasteiger partial charge in [0.2, 0.25) is 11.7 Å². The Labute approximate surface area is 185 Å². The Kier molecular flexibility index (Phi) is 6.21. The van der Waals surface area contributed by atoms with Gasteiger partial charge in [0.25, 0.3) is 5.89 Å². The van der Waals surface area contributed by atoms with Crippen molar-refractivity contribution in [2.24, 2.45) is 0 Å². The number of amides is 1. The summed E-state index contributed by atoms with van der Waals surface area (Å²) in [5.41, 5.74) is 2.43. The Morgan fingerprint density at radius 2 is 1.84 bits per heavy atom. The van der Waals surface area contributed by atoms with Crippen molar-refractivity contribution in [1.82, 2.24) is 20.0 Å². The first-order valence-electron chi connectivity index (χ1n) is 10.1. The number of hydrogen-bond donors (Lipinski definition) is 1. The fraction of sp³-hybridized carbons (Fsp3) is 0.208. The third kappa shape index (κ3) is 4.49. The molecule has 8 nitrogen and oxygen atoms in total. The molecule has 0 bridgehead atoms. The lowest BCUT2D eigenvalue weighted by Gasteiger charge is -2.15. The van der Waals surface area contributed by atoms with E-state index in [0.29, 0.717) is 28.9 Å². The molecule has 2 aromatic heterocycles. The van der Waals surface area contributed by atoms with Gasteiger partial charge in [-0.3, -0.25) is 4.79 Å². The average Bonchev–Trinajstić information content (AvgIpc) is 3.48. The van der Waals surface area contributed by atoms with Gasteiger partial charge in [-0.15, -0.1) is 0 Å². The van der Waals surface area contributed by atoms with E-state index in [1.165, 1.54) is 0 Å². The molecular formula is C24H24N4O4. The highest BCUT2D eigenvalue weighted by atomic mass is 16.5. The number of rotatable bonds is 8. The van der Waals surface area contributed by atoms with Gasteiger partial charge in [-0.1, -0.05) is 35.5 Å². The number of carbonyl (C=O) groups excluding carboxylic acids is 1. The van der Waals surface area contributed by atoms with Gasteiger partial charge in [0.05, 0.1) is 20.3 Å². The van der Waals surface area contributed by atoms with Gasteiger partial charge in [0.15, 0.2) is 11.5 Å². The maximum atomic E-state index is 12.6. The highest BCUT2D eigenvalue weighted by Gasteiger charge is 2.17. The van der Waals surface area contributed by atoms with E-state index in [1.54, 1.807) is 30.9 Å². The van der Waals surface area contributed by atoms with Gasteiger partial charge < -0.3 is 23.9 Å². The fourth-order valence-electron chi connectivity index (χ4n) is 3.43. The molecule has 0 radical (unpaired) electrons. The van der Waals surface area contributed by atoms with Crippen LogP contribution >= 0.6 is 0 Å². The van der Waals surface area contributed by atoms with Crippen LogP contribution in [0.3, 0.4) is 0 Å². The zero-order chi connectivity index (χ0) is 22.5. The second-order valence-electron chi connectivity index (χ2n) is 7.21. The van der Waals surface area contributed by atoms with Crippen LogP contribution < -0.4 is 14.8 Å². The van der Waals surface area contributed by atoms with Crippen molar-refractivity contribution in [3.05, 3.63) is 72.4 Å². The van der Waals surface area contributed by atoms with Gasteiger partial charge in [0, 0.05) is 11.8 Å². The topological polar surface area (TPSA) is 91.4 Å². The predicted molar refractivity (Wildman–Crippen MR) is 119 cm³/mol. The van der Waals surface area contributed by atoms with Crippen LogP contribution in [0.5, 0.6) is 11.5 Å². The Bertz CT molecular complexity index is 1200. The molecule has 0 saturated carbocycles. The first-order chi connectivity index (χ1) is 15.6. The van der Waals surface area contributed by atoms with Crippen molar-refractivity contribution in [1.29, 1.82) is 0 Å². The summed E-state index contributed by atoms with van der Waals surface area (Å²) >= 11 is 0. The summed E-state index contributed by atoms with van der Waals surface area (Å²) in [5.74, 6) is 1.81. The lowest BCUT2D eigenvalue weighted by atomic mass is 10.1. The van der Waals surface area contributed by atoms with Gasteiger partial charge in [-0.05, 0) is 42.8 Å². The summed E-state index contributed by atoms with van der Waals surface area (Å²) in [6.07, 6.45) is 1.81. The molecule has 0 aliphatic heterocycles. The van der Waals surface area contributed by atoms with E-state index in [1.807, 2.05) is 61.7 Å². The average molecular weight is 432 g/mol. The second-order valence-corrected chi connectivity index (χ2v) is 7.21. The SMILES string of the molecule is COc1ccc(-c2noc(-c3cccn3CC(=O)N[C@H](C)c3ccccc3)n2)cc1OC. The van der Waals surface area contributed by atoms with Crippen LogP contribution in [0.4, 0.5) is 0 Å². The monoisotopic (exact) mass is 432 g/mol. The standard InChI is InChI=1S/C24H24N4O4/c1-16(17-8-5-4-6-9-17)25-22(29)15-28-13-7-10-19(28)24-26-23(27-32-24)18-11-12-20(30-2)21(14-18)31-3/h4-14,16H,15H2,1-3H3,(H,25,29)/t16-/m1/s1. The molecule has 164 valence electrons. The summed E-state index contributed by atoms with van der Waals surface area (Å²) in [6, 6.07) is 18.8. The molecule has 2 heterocycles. The first-order valence-corrected chi connectivity index (χ1v) is 10.1. The number of aromatic nitrogens is 3. The van der Waals surface area contributed by atoms with Gasteiger partial charge in [-0.2, -0.15) is 4.98 Å². The smallest absolute Gasteiger partial charge is 0.274 e. The molecule has 4 rings (SSSR count). The maximum absolute atomic E-state index is 12.6. The fourth-order valence-corrected chi connectivity index (χ4v) is 3.43. The number of methoxy groups -OCH3 is 2. The van der Waals surface area contributed by atoms with Crippen molar-refractivity contribution in [2.75, 3.05) is 14.2 Å². The number of hydrogen-bond acceptors (Lipinski definition) is 6. The number of benzene rings is 2. The summed E-state index contributed by atoms with van der Waals surface area (Å²) in [6.45, 7) is 2.09. The molecule has 0 unspecified atom stereocenters. The highest BCUT2D eigenvalue weighted by Crippen LogP contribution is 2.32. The molecular weight excluding hydrogens is 408 g/mol. The van der Waals surface area contributed by atoms with E-state index in [4.69, 9.17) is 14.0 Å². The number of nitrogens with one attached hydrogen (secondary N) is 1. The Balaban J connectivity index is 1.49. The van der Waals surface area contributed by atoms with E-state index in [-0.39, 0.29) is 18.5 Å². The normalized spacial score (nSPS) is 11.7. The molecule has 4 aromatic rings. The van der Waals surface area contributed by atoms with E-state index in [0.717, 1.165) is 11.1 Å². The minimum atomic E-state index is -0.113. The first kappa shape index (κ1) is 21.2. The molecule has 32 heavy (non-hydrogen) atoms. The lowest BCUT2D eigenvalue weighted by molar-refractivity contribution is -0.122. The zero-order valence-corrected chi connectivity index (χ0v) is 18.1. The predicted octanol–water partition coefficient (Wildman–Crippen LogP) is 4.10.